The highest BCUT2D eigenvalue weighted by Crippen LogP contribution is 2.27. The van der Waals surface area contributed by atoms with E-state index in [9.17, 15) is 19.2 Å². The molecule has 0 aromatic heterocycles. The summed E-state index contributed by atoms with van der Waals surface area (Å²) in [5.74, 6) is -0.919. The van der Waals surface area contributed by atoms with E-state index in [1.165, 1.54) is 0 Å². The molecule has 2 aliphatic rings. The van der Waals surface area contributed by atoms with Crippen molar-refractivity contribution in [2.45, 2.75) is 123 Å². The van der Waals surface area contributed by atoms with Crippen LogP contribution in [0, 0.1) is 5.92 Å². The second-order valence-electron chi connectivity index (χ2n) is 10.7. The summed E-state index contributed by atoms with van der Waals surface area (Å²) < 4.78 is 5.36. The SMILES string of the molecule is CCC(NC(=O)C(C)NC(=O)C(NC(=O)OC(C)(C)C)C1CCCCC1)C(=O)N1CCCC1C. The first-order chi connectivity index (χ1) is 15.9. The first-order valence-electron chi connectivity index (χ1n) is 12.8. The van der Waals surface area contributed by atoms with Crippen molar-refractivity contribution in [2.24, 2.45) is 5.92 Å². The van der Waals surface area contributed by atoms with Crippen LogP contribution >= 0.6 is 0 Å². The van der Waals surface area contributed by atoms with E-state index in [1.807, 2.05) is 18.7 Å². The summed E-state index contributed by atoms with van der Waals surface area (Å²) in [4.78, 5) is 53.1. The molecule has 3 N–H and O–H groups in total. The summed E-state index contributed by atoms with van der Waals surface area (Å²) in [5, 5.41) is 8.28. The van der Waals surface area contributed by atoms with Crippen molar-refractivity contribution >= 4 is 23.8 Å². The Morgan fingerprint density at radius 2 is 1.59 bits per heavy atom. The van der Waals surface area contributed by atoms with E-state index in [0.29, 0.717) is 13.0 Å². The number of nitrogens with zero attached hydrogens (tertiary/aromatic N) is 1. The minimum Gasteiger partial charge on any atom is -0.444 e. The van der Waals surface area contributed by atoms with Crippen LogP contribution in [-0.2, 0) is 19.1 Å². The average molecular weight is 481 g/mol. The van der Waals surface area contributed by atoms with Crippen LogP contribution in [0.15, 0.2) is 0 Å². The zero-order valence-corrected chi connectivity index (χ0v) is 21.7. The van der Waals surface area contributed by atoms with E-state index in [0.717, 1.165) is 44.9 Å². The fraction of sp³-hybridized carbons (Fsp3) is 0.840. The van der Waals surface area contributed by atoms with Gasteiger partial charge in [0.25, 0.3) is 0 Å². The number of ether oxygens (including phenoxy) is 1. The van der Waals surface area contributed by atoms with E-state index < -0.39 is 41.6 Å². The Morgan fingerprint density at radius 3 is 2.12 bits per heavy atom. The van der Waals surface area contributed by atoms with Gasteiger partial charge in [-0.15, -0.1) is 0 Å². The number of hydrogen-bond donors (Lipinski definition) is 3. The Morgan fingerprint density at radius 1 is 0.941 bits per heavy atom. The van der Waals surface area contributed by atoms with Crippen molar-refractivity contribution in [1.82, 2.24) is 20.9 Å². The lowest BCUT2D eigenvalue weighted by molar-refractivity contribution is -0.137. The summed E-state index contributed by atoms with van der Waals surface area (Å²) in [6, 6.07) is -2.08. The molecule has 9 heteroatoms. The Labute approximate surface area is 204 Å². The van der Waals surface area contributed by atoms with E-state index in [2.05, 4.69) is 16.0 Å². The second kappa shape index (κ2) is 12.4. The maximum atomic E-state index is 13.2. The zero-order valence-electron chi connectivity index (χ0n) is 21.7. The lowest BCUT2D eigenvalue weighted by Crippen LogP contribution is -2.58. The topological polar surface area (TPSA) is 117 Å². The number of carbonyl (C=O) groups is 4. The Bertz CT molecular complexity index is 729. The van der Waals surface area contributed by atoms with Crippen LogP contribution < -0.4 is 16.0 Å². The fourth-order valence-electron chi connectivity index (χ4n) is 4.76. The molecule has 1 saturated heterocycles. The molecule has 4 atom stereocenters. The fourth-order valence-corrected chi connectivity index (χ4v) is 4.76. The van der Waals surface area contributed by atoms with Crippen molar-refractivity contribution in [3.05, 3.63) is 0 Å². The molecule has 4 amide bonds. The van der Waals surface area contributed by atoms with Crippen LogP contribution in [-0.4, -0.2) is 65.0 Å². The molecule has 0 radical (unpaired) electrons. The molecule has 1 saturated carbocycles. The average Bonchev–Trinajstić information content (AvgIpc) is 3.20. The molecular weight excluding hydrogens is 436 g/mol. The van der Waals surface area contributed by atoms with Gasteiger partial charge in [-0.25, -0.2) is 4.79 Å². The van der Waals surface area contributed by atoms with E-state index >= 15 is 0 Å². The van der Waals surface area contributed by atoms with Crippen LogP contribution in [0.25, 0.3) is 0 Å². The molecule has 0 spiro atoms. The molecule has 2 fully saturated rings. The van der Waals surface area contributed by atoms with Crippen LogP contribution in [0.2, 0.25) is 0 Å². The number of hydrogen-bond acceptors (Lipinski definition) is 5. The van der Waals surface area contributed by atoms with Gasteiger partial charge >= 0.3 is 6.09 Å². The van der Waals surface area contributed by atoms with Crippen molar-refractivity contribution < 1.29 is 23.9 Å². The summed E-state index contributed by atoms with van der Waals surface area (Å²) in [5.41, 5.74) is -0.681. The quantitative estimate of drug-likeness (QED) is 0.494. The monoisotopic (exact) mass is 480 g/mol. The molecule has 9 nitrogen and oxygen atoms in total. The van der Waals surface area contributed by atoms with Crippen LogP contribution in [0.3, 0.4) is 0 Å². The second-order valence-corrected chi connectivity index (χ2v) is 10.7. The molecule has 1 heterocycles. The summed E-state index contributed by atoms with van der Waals surface area (Å²) in [7, 11) is 0. The number of carbonyl (C=O) groups excluding carboxylic acids is 4. The predicted molar refractivity (Wildman–Crippen MR) is 130 cm³/mol. The molecule has 34 heavy (non-hydrogen) atoms. The third kappa shape index (κ3) is 8.17. The Kier molecular flexibility index (Phi) is 10.2. The number of rotatable bonds is 8. The molecular formula is C25H44N4O5. The van der Waals surface area contributed by atoms with Gasteiger partial charge in [0.1, 0.15) is 23.7 Å². The van der Waals surface area contributed by atoms with Crippen molar-refractivity contribution in [2.75, 3.05) is 6.54 Å². The summed E-state index contributed by atoms with van der Waals surface area (Å²) in [6.07, 6.45) is 6.52. The standard InChI is InChI=1S/C25H44N4O5/c1-7-19(23(32)29-15-11-12-16(29)2)27-21(30)17(3)26-22(31)20(18-13-9-8-10-14-18)28-24(33)34-25(4,5)6/h16-20H,7-15H2,1-6H3,(H,26,31)(H,27,30)(H,28,33). The minimum atomic E-state index is -0.850. The number of amides is 4. The van der Waals surface area contributed by atoms with Gasteiger partial charge in [-0.1, -0.05) is 26.2 Å². The molecule has 1 aliphatic heterocycles. The minimum absolute atomic E-state index is 0.0156. The van der Waals surface area contributed by atoms with Crippen molar-refractivity contribution in [3.63, 3.8) is 0 Å². The highest BCUT2D eigenvalue weighted by Gasteiger charge is 2.35. The zero-order chi connectivity index (χ0) is 25.5. The number of likely N-dealkylation sites (tertiary alicyclic amines) is 1. The molecule has 0 bridgehead atoms. The molecule has 194 valence electrons. The Hall–Kier alpha value is -2.32. The molecule has 0 aromatic rings. The van der Waals surface area contributed by atoms with E-state index in [4.69, 9.17) is 4.74 Å². The summed E-state index contributed by atoms with van der Waals surface area (Å²) >= 11 is 0. The largest absolute Gasteiger partial charge is 0.444 e. The predicted octanol–water partition coefficient (Wildman–Crippen LogP) is 2.87. The smallest absolute Gasteiger partial charge is 0.408 e. The van der Waals surface area contributed by atoms with Gasteiger partial charge in [-0.2, -0.15) is 0 Å². The van der Waals surface area contributed by atoms with Crippen molar-refractivity contribution in [1.29, 1.82) is 0 Å². The third-order valence-corrected chi connectivity index (χ3v) is 6.69. The summed E-state index contributed by atoms with van der Waals surface area (Å²) in [6.45, 7) is 11.5. The van der Waals surface area contributed by atoms with E-state index in [-0.39, 0.29) is 17.9 Å². The van der Waals surface area contributed by atoms with Gasteiger partial charge < -0.3 is 25.6 Å². The molecule has 4 unspecified atom stereocenters. The van der Waals surface area contributed by atoms with Gasteiger partial charge in [0.05, 0.1) is 0 Å². The van der Waals surface area contributed by atoms with E-state index in [1.54, 1.807) is 27.7 Å². The van der Waals surface area contributed by atoms with Crippen LogP contribution in [0.4, 0.5) is 4.79 Å². The maximum absolute atomic E-state index is 13.2. The third-order valence-electron chi connectivity index (χ3n) is 6.69. The van der Waals surface area contributed by atoms with Gasteiger partial charge in [-0.05, 0) is 72.6 Å². The van der Waals surface area contributed by atoms with Gasteiger partial charge in [0.15, 0.2) is 0 Å². The van der Waals surface area contributed by atoms with Crippen molar-refractivity contribution in [3.8, 4) is 0 Å². The van der Waals surface area contributed by atoms with Crippen LogP contribution in [0.5, 0.6) is 0 Å². The highest BCUT2D eigenvalue weighted by molar-refractivity contribution is 5.93. The first kappa shape index (κ1) is 27.9. The number of alkyl carbamates (subject to hydrolysis) is 1. The first-order valence-corrected chi connectivity index (χ1v) is 12.8. The normalized spacial score (nSPS) is 21.8. The molecule has 0 aromatic carbocycles. The Balaban J connectivity index is 2.00. The lowest BCUT2D eigenvalue weighted by Gasteiger charge is -2.32. The number of nitrogens with one attached hydrogen (secondary N) is 3. The lowest BCUT2D eigenvalue weighted by atomic mass is 9.83. The van der Waals surface area contributed by atoms with Gasteiger partial charge in [0.2, 0.25) is 17.7 Å². The maximum Gasteiger partial charge on any atom is 0.408 e. The van der Waals surface area contributed by atoms with Crippen LogP contribution in [0.1, 0.15) is 92.9 Å². The highest BCUT2D eigenvalue weighted by atomic mass is 16.6. The van der Waals surface area contributed by atoms with Gasteiger partial charge in [-0.3, -0.25) is 14.4 Å². The molecule has 2 rings (SSSR count). The molecule has 1 aliphatic carbocycles. The van der Waals surface area contributed by atoms with Gasteiger partial charge in [0, 0.05) is 12.6 Å².